The zero-order valence-corrected chi connectivity index (χ0v) is 19.7. The van der Waals surface area contributed by atoms with Gasteiger partial charge < -0.3 is 19.7 Å². The summed E-state index contributed by atoms with van der Waals surface area (Å²) in [5, 5.41) is 3.61. The van der Waals surface area contributed by atoms with Gasteiger partial charge in [-0.25, -0.2) is 0 Å². The molecule has 1 aromatic rings. The lowest BCUT2D eigenvalue weighted by Gasteiger charge is -2.31. The van der Waals surface area contributed by atoms with Gasteiger partial charge in [0.05, 0.1) is 19.8 Å². The Kier molecular flexibility index (Phi) is 9.81. The van der Waals surface area contributed by atoms with Crippen LogP contribution in [-0.2, 0) is 4.74 Å². The number of nitrogens with zero attached hydrogens (tertiary/aromatic N) is 3. The van der Waals surface area contributed by atoms with Gasteiger partial charge in [0.2, 0.25) is 0 Å². The van der Waals surface area contributed by atoms with E-state index in [0.29, 0.717) is 5.92 Å². The topological polar surface area (TPSA) is 49.3 Å². The van der Waals surface area contributed by atoms with Crippen LogP contribution in [0.4, 0.5) is 0 Å². The summed E-state index contributed by atoms with van der Waals surface area (Å²) < 4.78 is 11.2. The van der Waals surface area contributed by atoms with Crippen molar-refractivity contribution in [3.63, 3.8) is 0 Å². The van der Waals surface area contributed by atoms with Crippen molar-refractivity contribution in [2.45, 2.75) is 25.3 Å². The van der Waals surface area contributed by atoms with Gasteiger partial charge in [0.25, 0.3) is 0 Å². The predicted molar refractivity (Wildman–Crippen MR) is 125 cm³/mol. The van der Waals surface area contributed by atoms with Crippen LogP contribution in [0.25, 0.3) is 0 Å². The Labute approximate surface area is 186 Å². The molecule has 0 amide bonds. The number of guanidine groups is 1. The van der Waals surface area contributed by atoms with E-state index < -0.39 is 0 Å². The third-order valence-corrected chi connectivity index (χ3v) is 5.66. The highest BCUT2D eigenvalue weighted by Crippen LogP contribution is 2.31. The first-order chi connectivity index (χ1) is 13.2. The molecule has 1 aromatic carbocycles. The Morgan fingerprint density at radius 3 is 2.75 bits per heavy atom. The molecule has 0 saturated carbocycles. The SMILES string of the molecule is CN=C(NCC(c1ccccc1OC)N1CCCC1)N(C)CC1CCOC1.I. The molecule has 0 aliphatic carbocycles. The van der Waals surface area contributed by atoms with Crippen LogP contribution in [0.3, 0.4) is 0 Å². The van der Waals surface area contributed by atoms with Crippen molar-refractivity contribution in [1.29, 1.82) is 0 Å². The molecule has 7 heteroatoms. The number of nitrogens with one attached hydrogen (secondary N) is 1. The van der Waals surface area contributed by atoms with Gasteiger partial charge in [0.15, 0.2) is 5.96 Å². The molecule has 0 radical (unpaired) electrons. The average Bonchev–Trinajstić information content (AvgIpc) is 3.39. The molecule has 1 N–H and O–H groups in total. The maximum absolute atomic E-state index is 5.65. The quantitative estimate of drug-likeness (QED) is 0.353. The molecule has 2 fully saturated rings. The van der Waals surface area contributed by atoms with Gasteiger partial charge in [-0.15, -0.1) is 24.0 Å². The molecule has 2 atom stereocenters. The largest absolute Gasteiger partial charge is 0.496 e. The minimum Gasteiger partial charge on any atom is -0.496 e. The summed E-state index contributed by atoms with van der Waals surface area (Å²) in [4.78, 5) is 9.29. The number of hydrogen-bond acceptors (Lipinski definition) is 4. The van der Waals surface area contributed by atoms with Crippen LogP contribution >= 0.6 is 24.0 Å². The van der Waals surface area contributed by atoms with Crippen LogP contribution in [0.1, 0.15) is 30.9 Å². The fourth-order valence-corrected chi connectivity index (χ4v) is 4.20. The monoisotopic (exact) mass is 502 g/mol. The first-order valence-corrected chi connectivity index (χ1v) is 10.1. The summed E-state index contributed by atoms with van der Waals surface area (Å²) in [6.45, 7) is 5.81. The predicted octanol–water partition coefficient (Wildman–Crippen LogP) is 2.99. The molecular formula is C21H35IN4O2. The fraction of sp³-hybridized carbons (Fsp3) is 0.667. The normalized spacial score (nSPS) is 21.2. The second-order valence-electron chi connectivity index (χ2n) is 7.54. The van der Waals surface area contributed by atoms with E-state index in [-0.39, 0.29) is 30.0 Å². The van der Waals surface area contributed by atoms with Crippen molar-refractivity contribution < 1.29 is 9.47 Å². The van der Waals surface area contributed by atoms with E-state index in [9.17, 15) is 0 Å². The van der Waals surface area contributed by atoms with Crippen LogP contribution in [0.2, 0.25) is 0 Å². The summed E-state index contributed by atoms with van der Waals surface area (Å²) in [6.07, 6.45) is 3.67. The Morgan fingerprint density at radius 1 is 1.36 bits per heavy atom. The third kappa shape index (κ3) is 5.97. The number of rotatable bonds is 7. The minimum atomic E-state index is 0. The molecule has 0 aromatic heterocycles. The number of aliphatic imine (C=N–C) groups is 1. The molecular weight excluding hydrogens is 467 g/mol. The summed E-state index contributed by atoms with van der Waals surface area (Å²) in [5.74, 6) is 2.50. The maximum atomic E-state index is 5.65. The molecule has 6 nitrogen and oxygen atoms in total. The first-order valence-electron chi connectivity index (χ1n) is 10.1. The van der Waals surface area contributed by atoms with Crippen molar-refractivity contribution in [3.05, 3.63) is 29.8 Å². The number of halogens is 1. The molecule has 2 unspecified atom stereocenters. The highest BCUT2D eigenvalue weighted by molar-refractivity contribution is 14.0. The van der Waals surface area contributed by atoms with E-state index in [1.165, 1.54) is 18.4 Å². The number of hydrogen-bond donors (Lipinski definition) is 1. The number of para-hydroxylation sites is 1. The molecule has 0 bridgehead atoms. The van der Waals surface area contributed by atoms with Gasteiger partial charge in [0.1, 0.15) is 5.75 Å². The highest BCUT2D eigenvalue weighted by Gasteiger charge is 2.26. The molecule has 2 aliphatic heterocycles. The van der Waals surface area contributed by atoms with Gasteiger partial charge in [-0.2, -0.15) is 0 Å². The van der Waals surface area contributed by atoms with Crippen molar-refractivity contribution in [2.24, 2.45) is 10.9 Å². The lowest BCUT2D eigenvalue weighted by atomic mass is 10.0. The Bertz CT molecular complexity index is 616. The zero-order chi connectivity index (χ0) is 19.1. The Hall–Kier alpha value is -1.06. The second kappa shape index (κ2) is 11.8. The van der Waals surface area contributed by atoms with E-state index in [4.69, 9.17) is 9.47 Å². The lowest BCUT2D eigenvalue weighted by Crippen LogP contribution is -2.45. The van der Waals surface area contributed by atoms with Crippen molar-refractivity contribution in [1.82, 2.24) is 15.1 Å². The average molecular weight is 502 g/mol. The number of ether oxygens (including phenoxy) is 2. The van der Waals surface area contributed by atoms with Gasteiger partial charge in [-0.05, 0) is 38.4 Å². The molecule has 158 valence electrons. The van der Waals surface area contributed by atoms with Crippen LogP contribution in [0.15, 0.2) is 29.3 Å². The molecule has 28 heavy (non-hydrogen) atoms. The summed E-state index contributed by atoms with van der Waals surface area (Å²) >= 11 is 0. The highest BCUT2D eigenvalue weighted by atomic mass is 127. The maximum Gasteiger partial charge on any atom is 0.193 e. The zero-order valence-electron chi connectivity index (χ0n) is 17.4. The standard InChI is InChI=1S/C21H34N4O2.HI/c1-22-21(24(2)15-17-10-13-27-16-17)23-14-19(25-11-6-7-12-25)18-8-4-5-9-20(18)26-3;/h4-5,8-9,17,19H,6-7,10-16H2,1-3H3,(H,22,23);1H. The molecule has 2 heterocycles. The third-order valence-electron chi connectivity index (χ3n) is 5.66. The van der Waals surface area contributed by atoms with E-state index in [0.717, 1.165) is 57.5 Å². The Balaban J connectivity index is 0.00000280. The molecule has 2 saturated heterocycles. The van der Waals surface area contributed by atoms with E-state index in [1.807, 2.05) is 13.1 Å². The smallest absolute Gasteiger partial charge is 0.193 e. The lowest BCUT2D eigenvalue weighted by molar-refractivity contribution is 0.181. The van der Waals surface area contributed by atoms with Gasteiger partial charge >= 0.3 is 0 Å². The van der Waals surface area contributed by atoms with Gasteiger partial charge in [0, 0.05) is 45.3 Å². The second-order valence-corrected chi connectivity index (χ2v) is 7.54. The van der Waals surface area contributed by atoms with E-state index >= 15 is 0 Å². The number of methoxy groups -OCH3 is 1. The van der Waals surface area contributed by atoms with Crippen molar-refractivity contribution in [2.75, 3.05) is 60.6 Å². The molecule has 0 spiro atoms. The Morgan fingerprint density at radius 2 is 2.11 bits per heavy atom. The molecule has 2 aliphatic rings. The van der Waals surface area contributed by atoms with Crippen molar-refractivity contribution in [3.8, 4) is 5.75 Å². The van der Waals surface area contributed by atoms with E-state index in [1.54, 1.807) is 7.11 Å². The summed E-state index contributed by atoms with van der Waals surface area (Å²) in [7, 11) is 5.73. The van der Waals surface area contributed by atoms with E-state index in [2.05, 4.69) is 45.4 Å². The molecule has 3 rings (SSSR count). The first kappa shape index (κ1) is 23.2. The van der Waals surface area contributed by atoms with Gasteiger partial charge in [-0.1, -0.05) is 18.2 Å². The summed E-state index contributed by atoms with van der Waals surface area (Å²) in [6, 6.07) is 8.66. The van der Waals surface area contributed by atoms with Gasteiger partial charge in [-0.3, -0.25) is 9.89 Å². The van der Waals surface area contributed by atoms with Crippen LogP contribution in [0.5, 0.6) is 5.75 Å². The fourth-order valence-electron chi connectivity index (χ4n) is 4.20. The number of likely N-dealkylation sites (tertiary alicyclic amines) is 1. The van der Waals surface area contributed by atoms with Crippen LogP contribution in [0, 0.1) is 5.92 Å². The van der Waals surface area contributed by atoms with Crippen LogP contribution in [-0.4, -0.2) is 76.4 Å². The van der Waals surface area contributed by atoms with Crippen LogP contribution < -0.4 is 10.1 Å². The van der Waals surface area contributed by atoms with Crippen molar-refractivity contribution >= 4 is 29.9 Å². The minimum absolute atomic E-state index is 0. The number of benzene rings is 1. The summed E-state index contributed by atoms with van der Waals surface area (Å²) in [5.41, 5.74) is 1.25.